The summed E-state index contributed by atoms with van der Waals surface area (Å²) in [5, 5.41) is 0. The van der Waals surface area contributed by atoms with Gasteiger partial charge in [0, 0.05) is 35.8 Å². The number of ketones is 1. The van der Waals surface area contributed by atoms with Crippen molar-refractivity contribution in [3.8, 4) is 5.75 Å². The van der Waals surface area contributed by atoms with Gasteiger partial charge >= 0.3 is 12.4 Å². The van der Waals surface area contributed by atoms with Crippen LogP contribution in [-0.4, -0.2) is 43.1 Å². The van der Waals surface area contributed by atoms with Crippen molar-refractivity contribution in [3.63, 3.8) is 0 Å². The van der Waals surface area contributed by atoms with E-state index in [1.54, 1.807) is 23.1 Å². The average molecular weight is 574 g/mol. The highest BCUT2D eigenvalue weighted by atomic mass is 32.2. The molecule has 0 N–H and O–H groups in total. The van der Waals surface area contributed by atoms with Gasteiger partial charge in [0.1, 0.15) is 5.75 Å². The Bertz CT molecular complexity index is 1180. The number of allylic oxidation sites excluding steroid dienone is 1. The minimum Gasteiger partial charge on any atom is -0.489 e. The van der Waals surface area contributed by atoms with Crippen molar-refractivity contribution < 1.29 is 40.6 Å². The maximum Gasteiger partial charge on any atom is 0.418 e. The fourth-order valence-electron chi connectivity index (χ4n) is 4.72. The molecule has 1 saturated carbocycles. The Kier molecular flexibility index (Phi) is 9.21. The smallest absolute Gasteiger partial charge is 0.418 e. The molecule has 0 spiro atoms. The number of rotatable bonds is 7. The minimum atomic E-state index is -5.42. The van der Waals surface area contributed by atoms with Crippen molar-refractivity contribution in [3.05, 3.63) is 65.4 Å². The molecule has 0 bridgehead atoms. The van der Waals surface area contributed by atoms with E-state index in [0.29, 0.717) is 49.7 Å². The van der Waals surface area contributed by atoms with Gasteiger partial charge in [-0.15, -0.1) is 0 Å². The van der Waals surface area contributed by atoms with Crippen LogP contribution in [0.1, 0.15) is 54.1 Å². The van der Waals surface area contributed by atoms with Crippen LogP contribution in [0.25, 0.3) is 0 Å². The van der Waals surface area contributed by atoms with E-state index in [-0.39, 0.29) is 11.0 Å². The molecule has 1 saturated heterocycles. The Morgan fingerprint density at radius 1 is 0.923 bits per heavy atom. The summed E-state index contributed by atoms with van der Waals surface area (Å²) >= 11 is 0.547. The summed E-state index contributed by atoms with van der Waals surface area (Å²) in [4.78, 5) is 14.0. The highest BCUT2D eigenvalue weighted by molar-refractivity contribution is 7.99. The van der Waals surface area contributed by atoms with E-state index >= 15 is 0 Å². The molecule has 0 amide bonds. The standard InChI is InChI=1S/C28H29F6NO3S/c1-18-6-8-19(9-7-18)38-22-4-2-3-5-23(22)39-24-11-10-20(21(36)12-13-35-14-16-37-17-15-35)25(27(29,30)31)26(24)28(32,33)34/h2-5,10-13,18-19H,6-9,14-17H2,1H3. The summed E-state index contributed by atoms with van der Waals surface area (Å²) in [6.07, 6.45) is -5.24. The second kappa shape index (κ2) is 12.2. The molecule has 2 aromatic carbocycles. The first kappa shape index (κ1) is 29.3. The molecular formula is C28H29F6NO3S. The molecule has 0 aromatic heterocycles. The van der Waals surface area contributed by atoms with Gasteiger partial charge in [0.15, 0.2) is 5.78 Å². The van der Waals surface area contributed by atoms with Crippen LogP contribution >= 0.6 is 11.8 Å². The lowest BCUT2D eigenvalue weighted by Gasteiger charge is -2.28. The molecule has 4 rings (SSSR count). The third kappa shape index (κ3) is 7.51. The Morgan fingerprint density at radius 2 is 1.56 bits per heavy atom. The predicted molar refractivity (Wildman–Crippen MR) is 135 cm³/mol. The van der Waals surface area contributed by atoms with Crippen molar-refractivity contribution in [1.82, 2.24) is 4.90 Å². The Labute approximate surface area is 227 Å². The summed E-state index contributed by atoms with van der Waals surface area (Å²) < 4.78 is 96.7. The number of halogens is 6. The van der Waals surface area contributed by atoms with E-state index in [9.17, 15) is 31.1 Å². The molecule has 212 valence electrons. The van der Waals surface area contributed by atoms with Crippen molar-refractivity contribution in [2.75, 3.05) is 26.3 Å². The number of carbonyl (C=O) groups is 1. The normalized spacial score (nSPS) is 20.8. The molecule has 1 aliphatic heterocycles. The molecule has 1 aliphatic carbocycles. The van der Waals surface area contributed by atoms with Crippen molar-refractivity contribution in [2.24, 2.45) is 5.92 Å². The van der Waals surface area contributed by atoms with Gasteiger partial charge < -0.3 is 14.4 Å². The average Bonchev–Trinajstić information content (AvgIpc) is 2.89. The number of morpholine rings is 1. The largest absolute Gasteiger partial charge is 0.489 e. The first-order chi connectivity index (χ1) is 18.4. The Morgan fingerprint density at radius 3 is 2.21 bits per heavy atom. The van der Waals surface area contributed by atoms with Gasteiger partial charge in [-0.2, -0.15) is 26.3 Å². The molecule has 4 nitrogen and oxygen atoms in total. The summed E-state index contributed by atoms with van der Waals surface area (Å²) in [7, 11) is 0. The first-order valence-electron chi connectivity index (χ1n) is 12.7. The van der Waals surface area contributed by atoms with Gasteiger partial charge in [-0.05, 0) is 55.9 Å². The van der Waals surface area contributed by atoms with Gasteiger partial charge in [0.05, 0.1) is 35.3 Å². The predicted octanol–water partition coefficient (Wildman–Crippen LogP) is 7.86. The summed E-state index contributed by atoms with van der Waals surface area (Å²) in [6.45, 7) is 3.73. The van der Waals surface area contributed by atoms with Crippen molar-refractivity contribution in [1.29, 1.82) is 0 Å². The van der Waals surface area contributed by atoms with Gasteiger partial charge in [0.25, 0.3) is 0 Å². The molecule has 39 heavy (non-hydrogen) atoms. The summed E-state index contributed by atoms with van der Waals surface area (Å²) in [5.41, 5.74) is -4.92. The van der Waals surface area contributed by atoms with Crippen LogP contribution < -0.4 is 4.74 Å². The molecular weight excluding hydrogens is 544 g/mol. The van der Waals surface area contributed by atoms with Crippen molar-refractivity contribution >= 4 is 17.5 Å². The number of carbonyl (C=O) groups excluding carboxylic acids is 1. The quantitative estimate of drug-likeness (QED) is 0.192. The number of hydrogen-bond acceptors (Lipinski definition) is 5. The molecule has 1 heterocycles. The van der Waals surface area contributed by atoms with Crippen LogP contribution in [0.15, 0.2) is 58.5 Å². The van der Waals surface area contributed by atoms with E-state index < -0.39 is 39.7 Å². The molecule has 11 heteroatoms. The molecule has 0 unspecified atom stereocenters. The van der Waals surface area contributed by atoms with E-state index in [1.807, 2.05) is 0 Å². The SMILES string of the molecule is CC1CCC(Oc2ccccc2Sc2ccc(C(=O)C=CN3CCOCC3)c(C(F)(F)F)c2C(F)(F)F)CC1. The van der Waals surface area contributed by atoms with Crippen LogP contribution in [0.5, 0.6) is 5.75 Å². The lowest BCUT2D eigenvalue weighted by Crippen LogP contribution is -2.32. The maximum absolute atomic E-state index is 14.3. The lowest BCUT2D eigenvalue weighted by molar-refractivity contribution is -0.163. The Hall–Kier alpha value is -2.66. The third-order valence-corrected chi connectivity index (χ3v) is 7.92. The zero-order valence-electron chi connectivity index (χ0n) is 21.3. The first-order valence-corrected chi connectivity index (χ1v) is 13.5. The summed E-state index contributed by atoms with van der Waals surface area (Å²) in [6, 6.07) is 8.12. The minimum absolute atomic E-state index is 0.117. The molecule has 2 aliphatic rings. The maximum atomic E-state index is 14.3. The molecule has 0 radical (unpaired) electrons. The van der Waals surface area contributed by atoms with E-state index in [2.05, 4.69) is 6.92 Å². The number of para-hydroxylation sites is 1. The lowest BCUT2D eigenvalue weighted by atomic mass is 9.89. The molecule has 0 atom stereocenters. The van der Waals surface area contributed by atoms with Gasteiger partial charge in [-0.1, -0.05) is 30.8 Å². The third-order valence-electron chi connectivity index (χ3n) is 6.81. The second-order valence-electron chi connectivity index (χ2n) is 9.73. The number of hydrogen-bond donors (Lipinski definition) is 0. The highest BCUT2D eigenvalue weighted by Crippen LogP contribution is 2.49. The topological polar surface area (TPSA) is 38.8 Å². The monoisotopic (exact) mass is 573 g/mol. The van der Waals surface area contributed by atoms with Crippen LogP contribution in [0, 0.1) is 5.92 Å². The van der Waals surface area contributed by atoms with Gasteiger partial charge in [-0.3, -0.25) is 4.79 Å². The van der Waals surface area contributed by atoms with Crippen LogP contribution in [0.4, 0.5) is 26.3 Å². The molecule has 2 aromatic rings. The zero-order chi connectivity index (χ0) is 28.2. The highest BCUT2D eigenvalue weighted by Gasteiger charge is 2.47. The number of ether oxygens (including phenoxy) is 2. The number of nitrogens with zero attached hydrogens (tertiary/aromatic N) is 1. The van der Waals surface area contributed by atoms with Gasteiger partial charge in [0.2, 0.25) is 0 Å². The van der Waals surface area contributed by atoms with Crippen molar-refractivity contribution in [2.45, 2.75) is 60.9 Å². The second-order valence-corrected chi connectivity index (χ2v) is 10.8. The molecule has 2 fully saturated rings. The number of benzene rings is 2. The van der Waals surface area contributed by atoms with E-state index in [1.165, 1.54) is 12.3 Å². The van der Waals surface area contributed by atoms with E-state index in [4.69, 9.17) is 9.47 Å². The zero-order valence-corrected chi connectivity index (χ0v) is 22.1. The van der Waals surface area contributed by atoms with Crippen LogP contribution in [0.3, 0.4) is 0 Å². The fraction of sp³-hybridized carbons (Fsp3) is 0.464. The Balaban J connectivity index is 1.70. The van der Waals surface area contributed by atoms with Crippen LogP contribution in [0.2, 0.25) is 0 Å². The summed E-state index contributed by atoms with van der Waals surface area (Å²) in [5.74, 6) is -0.280. The fourth-order valence-corrected chi connectivity index (χ4v) is 5.77. The van der Waals surface area contributed by atoms with Crippen LogP contribution in [-0.2, 0) is 17.1 Å². The van der Waals surface area contributed by atoms with E-state index in [0.717, 1.165) is 43.9 Å². The van der Waals surface area contributed by atoms with Gasteiger partial charge in [-0.25, -0.2) is 0 Å². The number of alkyl halides is 6.